The third-order valence-electron chi connectivity index (χ3n) is 3.12. The average Bonchev–Trinajstić information content (AvgIpc) is 2.35. The van der Waals surface area contributed by atoms with Crippen molar-refractivity contribution in [2.75, 3.05) is 0 Å². The topological polar surface area (TPSA) is 0 Å². The van der Waals surface area contributed by atoms with Crippen LogP contribution in [-0.4, -0.2) is 0 Å². The standard InChI is InChI=1S/C16H16ClF/c1-10-4-6-13(7-5-10)15(17)14-8-11(2)16(18)12(3)9-14/h4-9,15H,1-3H3. The van der Waals surface area contributed by atoms with Crippen molar-refractivity contribution in [2.24, 2.45) is 0 Å². The van der Waals surface area contributed by atoms with Crippen LogP contribution in [0.3, 0.4) is 0 Å². The minimum Gasteiger partial charge on any atom is -0.206 e. The van der Waals surface area contributed by atoms with Crippen molar-refractivity contribution in [1.29, 1.82) is 0 Å². The van der Waals surface area contributed by atoms with Gasteiger partial charge in [-0.25, -0.2) is 4.39 Å². The molecule has 0 aliphatic carbocycles. The molecule has 0 aromatic heterocycles. The summed E-state index contributed by atoms with van der Waals surface area (Å²) in [5.74, 6) is -0.147. The number of benzene rings is 2. The Morgan fingerprint density at radius 3 is 1.89 bits per heavy atom. The van der Waals surface area contributed by atoms with E-state index in [0.29, 0.717) is 11.1 Å². The Balaban J connectivity index is 2.39. The maximum Gasteiger partial charge on any atom is 0.129 e. The van der Waals surface area contributed by atoms with Crippen LogP contribution in [0.2, 0.25) is 0 Å². The molecule has 0 aliphatic heterocycles. The molecule has 0 nitrogen and oxygen atoms in total. The fourth-order valence-electron chi connectivity index (χ4n) is 2.05. The highest BCUT2D eigenvalue weighted by Crippen LogP contribution is 2.31. The molecule has 94 valence electrons. The summed E-state index contributed by atoms with van der Waals surface area (Å²) in [6, 6.07) is 11.7. The average molecular weight is 263 g/mol. The zero-order chi connectivity index (χ0) is 13.3. The second kappa shape index (κ2) is 5.11. The first-order chi connectivity index (χ1) is 8.49. The fourth-order valence-corrected chi connectivity index (χ4v) is 2.33. The predicted octanol–water partition coefficient (Wildman–Crippen LogP) is 5.08. The van der Waals surface area contributed by atoms with Gasteiger partial charge in [0.1, 0.15) is 5.82 Å². The van der Waals surface area contributed by atoms with E-state index < -0.39 is 0 Å². The van der Waals surface area contributed by atoms with E-state index in [-0.39, 0.29) is 11.2 Å². The van der Waals surface area contributed by atoms with Gasteiger partial charge in [0.25, 0.3) is 0 Å². The van der Waals surface area contributed by atoms with Gasteiger partial charge in [-0.3, -0.25) is 0 Å². The molecule has 2 aromatic carbocycles. The molecule has 0 aliphatic rings. The smallest absolute Gasteiger partial charge is 0.129 e. The highest BCUT2D eigenvalue weighted by Gasteiger charge is 2.13. The second-order valence-corrected chi connectivity index (χ2v) is 5.18. The Morgan fingerprint density at radius 1 is 0.889 bits per heavy atom. The van der Waals surface area contributed by atoms with Crippen LogP contribution in [0.1, 0.15) is 33.2 Å². The summed E-state index contributed by atoms with van der Waals surface area (Å²) in [4.78, 5) is 0. The Kier molecular flexibility index (Phi) is 3.72. The van der Waals surface area contributed by atoms with Gasteiger partial charge in [0.15, 0.2) is 0 Å². The van der Waals surface area contributed by atoms with Crippen LogP contribution < -0.4 is 0 Å². The predicted molar refractivity (Wildman–Crippen MR) is 74.7 cm³/mol. The van der Waals surface area contributed by atoms with Crippen molar-refractivity contribution < 1.29 is 4.39 Å². The van der Waals surface area contributed by atoms with Crippen LogP contribution in [0, 0.1) is 26.6 Å². The first kappa shape index (κ1) is 13.1. The van der Waals surface area contributed by atoms with E-state index >= 15 is 0 Å². The highest BCUT2D eigenvalue weighted by molar-refractivity contribution is 6.22. The Labute approximate surface area is 112 Å². The van der Waals surface area contributed by atoms with E-state index in [1.807, 2.05) is 43.3 Å². The lowest BCUT2D eigenvalue weighted by Gasteiger charge is -2.13. The summed E-state index contributed by atoms with van der Waals surface area (Å²) in [6.45, 7) is 5.58. The fraction of sp³-hybridized carbons (Fsp3) is 0.250. The highest BCUT2D eigenvalue weighted by atomic mass is 35.5. The normalized spacial score (nSPS) is 12.5. The van der Waals surface area contributed by atoms with Gasteiger partial charge in [-0.05, 0) is 43.0 Å². The molecule has 2 rings (SSSR count). The largest absolute Gasteiger partial charge is 0.206 e. The zero-order valence-corrected chi connectivity index (χ0v) is 11.6. The van der Waals surface area contributed by atoms with E-state index in [1.54, 1.807) is 13.8 Å². The molecule has 1 unspecified atom stereocenters. The first-order valence-electron chi connectivity index (χ1n) is 5.96. The van der Waals surface area contributed by atoms with Gasteiger partial charge in [0.05, 0.1) is 5.38 Å². The number of halogens is 2. The van der Waals surface area contributed by atoms with Crippen molar-refractivity contribution in [2.45, 2.75) is 26.1 Å². The summed E-state index contributed by atoms with van der Waals surface area (Å²) in [6.07, 6.45) is 0. The first-order valence-corrected chi connectivity index (χ1v) is 6.40. The van der Waals surface area contributed by atoms with E-state index in [1.165, 1.54) is 5.56 Å². The Morgan fingerprint density at radius 2 is 1.39 bits per heavy atom. The third kappa shape index (κ3) is 2.56. The summed E-state index contributed by atoms with van der Waals surface area (Å²) in [5, 5.41) is -0.233. The van der Waals surface area contributed by atoms with Crippen LogP contribution in [0.5, 0.6) is 0 Å². The van der Waals surface area contributed by atoms with Gasteiger partial charge in [-0.2, -0.15) is 0 Å². The molecule has 0 saturated carbocycles. The van der Waals surface area contributed by atoms with Gasteiger partial charge < -0.3 is 0 Å². The lowest BCUT2D eigenvalue weighted by Crippen LogP contribution is -1.97. The summed E-state index contributed by atoms with van der Waals surface area (Å²) in [7, 11) is 0. The summed E-state index contributed by atoms with van der Waals surface area (Å²) in [5.41, 5.74) is 4.46. The summed E-state index contributed by atoms with van der Waals surface area (Å²) >= 11 is 6.46. The van der Waals surface area contributed by atoms with E-state index in [2.05, 4.69) is 0 Å². The van der Waals surface area contributed by atoms with Crippen molar-refractivity contribution in [1.82, 2.24) is 0 Å². The van der Waals surface area contributed by atoms with Crippen LogP contribution in [0.4, 0.5) is 4.39 Å². The third-order valence-corrected chi connectivity index (χ3v) is 3.63. The molecule has 0 spiro atoms. The minimum atomic E-state index is -0.233. The summed E-state index contributed by atoms with van der Waals surface area (Å²) < 4.78 is 13.6. The lowest BCUT2D eigenvalue weighted by atomic mass is 9.99. The number of hydrogen-bond acceptors (Lipinski definition) is 0. The van der Waals surface area contributed by atoms with E-state index in [4.69, 9.17) is 11.6 Å². The second-order valence-electron chi connectivity index (χ2n) is 4.74. The van der Waals surface area contributed by atoms with E-state index in [0.717, 1.165) is 11.1 Å². The number of hydrogen-bond donors (Lipinski definition) is 0. The van der Waals surface area contributed by atoms with Gasteiger partial charge in [0, 0.05) is 0 Å². The molecule has 0 N–H and O–H groups in total. The molecule has 0 fully saturated rings. The van der Waals surface area contributed by atoms with Gasteiger partial charge in [-0.1, -0.05) is 42.0 Å². The van der Waals surface area contributed by atoms with Gasteiger partial charge in [0.2, 0.25) is 0 Å². The van der Waals surface area contributed by atoms with Crippen molar-refractivity contribution in [3.8, 4) is 0 Å². The molecule has 0 amide bonds. The minimum absolute atomic E-state index is 0.147. The maximum atomic E-state index is 13.6. The Bertz CT molecular complexity index is 535. The van der Waals surface area contributed by atoms with Crippen LogP contribution in [0.25, 0.3) is 0 Å². The molecule has 0 radical (unpaired) electrons. The van der Waals surface area contributed by atoms with E-state index in [9.17, 15) is 4.39 Å². The molecule has 0 bridgehead atoms. The number of aryl methyl sites for hydroxylation is 3. The quantitative estimate of drug-likeness (QED) is 0.662. The molecule has 1 atom stereocenters. The zero-order valence-electron chi connectivity index (χ0n) is 10.8. The van der Waals surface area contributed by atoms with Crippen molar-refractivity contribution >= 4 is 11.6 Å². The molecule has 0 saturated heterocycles. The number of rotatable bonds is 2. The van der Waals surface area contributed by atoms with Crippen LogP contribution in [-0.2, 0) is 0 Å². The molecule has 18 heavy (non-hydrogen) atoms. The van der Waals surface area contributed by atoms with Crippen molar-refractivity contribution in [3.05, 3.63) is 70.0 Å². The van der Waals surface area contributed by atoms with Gasteiger partial charge >= 0.3 is 0 Å². The molecular formula is C16H16ClF. The van der Waals surface area contributed by atoms with Gasteiger partial charge in [-0.15, -0.1) is 11.6 Å². The molecular weight excluding hydrogens is 247 g/mol. The Hall–Kier alpha value is -1.34. The van der Waals surface area contributed by atoms with Crippen LogP contribution in [0.15, 0.2) is 36.4 Å². The maximum absolute atomic E-state index is 13.6. The van der Waals surface area contributed by atoms with Crippen molar-refractivity contribution in [3.63, 3.8) is 0 Å². The number of alkyl halides is 1. The van der Waals surface area contributed by atoms with Crippen LogP contribution >= 0.6 is 11.6 Å². The molecule has 0 heterocycles. The molecule has 2 heteroatoms. The monoisotopic (exact) mass is 262 g/mol. The lowest BCUT2D eigenvalue weighted by molar-refractivity contribution is 0.608. The SMILES string of the molecule is Cc1ccc(C(Cl)c2cc(C)c(F)c(C)c2)cc1. The molecule has 2 aromatic rings.